The van der Waals surface area contributed by atoms with E-state index >= 15 is 0 Å². The van der Waals surface area contributed by atoms with Crippen molar-refractivity contribution in [2.24, 2.45) is 0 Å². The van der Waals surface area contributed by atoms with E-state index in [0.29, 0.717) is 19.2 Å². The fourth-order valence-electron chi connectivity index (χ4n) is 3.48. The average molecular weight is 749 g/mol. The SMILES string of the molecule is COc1c(CC(S(=O)(=O)C(F)(F)F)S(=O)(=O)C(F)(F)F)cc(C(C)(C)C)cc1CC(S(=O)(=O)C(F)(F)F)S(=O)(=O)C(F)(F)F. The van der Waals surface area contributed by atoms with Crippen LogP contribution in [0, 0.1) is 0 Å². The minimum atomic E-state index is -7.32. The van der Waals surface area contributed by atoms with Crippen molar-refractivity contribution in [2.45, 2.75) is 70.2 Å². The number of hydrogen-bond acceptors (Lipinski definition) is 9. The second-order valence-corrected chi connectivity index (χ2v) is 18.9. The van der Waals surface area contributed by atoms with Crippen molar-refractivity contribution < 1.29 is 91.1 Å². The van der Waals surface area contributed by atoms with Crippen molar-refractivity contribution in [2.75, 3.05) is 7.11 Å². The highest BCUT2D eigenvalue weighted by Crippen LogP contribution is 2.43. The summed E-state index contributed by atoms with van der Waals surface area (Å²) in [6, 6.07) is 0.997. The Bertz CT molecular complexity index is 1480. The lowest BCUT2D eigenvalue weighted by Crippen LogP contribution is -2.46. The van der Waals surface area contributed by atoms with Crippen LogP contribution in [0.25, 0.3) is 0 Å². The summed E-state index contributed by atoms with van der Waals surface area (Å²) < 4.78 is 251. The van der Waals surface area contributed by atoms with Gasteiger partial charge in [0.25, 0.3) is 39.3 Å². The minimum Gasteiger partial charge on any atom is -0.496 e. The summed E-state index contributed by atoms with van der Waals surface area (Å²) in [7, 11) is -28.9. The lowest BCUT2D eigenvalue weighted by atomic mass is 9.84. The van der Waals surface area contributed by atoms with Gasteiger partial charge >= 0.3 is 22.0 Å². The average Bonchev–Trinajstić information content (AvgIpc) is 2.76. The number of benzene rings is 1. The Morgan fingerprint density at radius 1 is 0.545 bits per heavy atom. The lowest BCUT2D eigenvalue weighted by molar-refractivity contribution is -0.0483. The standard InChI is InChI=1S/C19H20F12O9S4/c1-15(2,3)11-5-9(7-12(41(32,33)16(20,21)22)42(34,35)17(23,24)25)14(40-4)10(6-11)8-13(43(36,37)18(26,27)28)44(38,39)19(29,30)31/h5-6,12-13H,7-8H2,1-4H3. The number of rotatable bonds is 9. The molecule has 44 heavy (non-hydrogen) atoms. The molecular formula is C19H20F12O9S4. The first-order valence-corrected chi connectivity index (χ1v) is 17.1. The van der Waals surface area contributed by atoms with Crippen molar-refractivity contribution in [3.8, 4) is 5.75 Å². The number of hydrogen-bond donors (Lipinski definition) is 0. The maximum absolute atomic E-state index is 13.3. The van der Waals surface area contributed by atoms with E-state index in [4.69, 9.17) is 0 Å². The van der Waals surface area contributed by atoms with Crippen LogP contribution in [0.5, 0.6) is 5.75 Å². The highest BCUT2D eigenvalue weighted by molar-refractivity contribution is 8.10. The van der Waals surface area contributed by atoms with Gasteiger partial charge < -0.3 is 4.74 Å². The van der Waals surface area contributed by atoms with Gasteiger partial charge in [0, 0.05) is 12.8 Å². The molecule has 9 nitrogen and oxygen atoms in total. The number of halogens is 12. The van der Waals surface area contributed by atoms with E-state index in [1.165, 1.54) is 20.8 Å². The molecule has 1 rings (SSSR count). The van der Waals surface area contributed by atoms with E-state index in [1.807, 2.05) is 0 Å². The summed E-state index contributed by atoms with van der Waals surface area (Å²) in [6.07, 6.45) is -4.71. The molecule has 0 fully saturated rings. The van der Waals surface area contributed by atoms with Crippen LogP contribution in [0.3, 0.4) is 0 Å². The van der Waals surface area contributed by atoms with E-state index in [1.54, 1.807) is 0 Å². The van der Waals surface area contributed by atoms with Gasteiger partial charge in [0.2, 0.25) is 0 Å². The van der Waals surface area contributed by atoms with Crippen LogP contribution >= 0.6 is 0 Å². The first-order chi connectivity index (χ1) is 19.0. The Kier molecular flexibility index (Phi) is 10.6. The van der Waals surface area contributed by atoms with E-state index in [-0.39, 0.29) is 0 Å². The third kappa shape index (κ3) is 7.50. The smallest absolute Gasteiger partial charge is 0.496 e. The summed E-state index contributed by atoms with van der Waals surface area (Å²) in [6.45, 7) is 3.53. The van der Waals surface area contributed by atoms with Crippen LogP contribution < -0.4 is 4.74 Å². The molecule has 0 aliphatic carbocycles. The van der Waals surface area contributed by atoms with E-state index in [0.717, 1.165) is 0 Å². The Balaban J connectivity index is 4.34. The fraction of sp³-hybridized carbons (Fsp3) is 0.684. The molecular weight excluding hydrogens is 728 g/mol. The molecule has 0 aliphatic rings. The molecule has 0 saturated heterocycles. The van der Waals surface area contributed by atoms with Gasteiger partial charge in [0.05, 0.1) is 7.11 Å². The molecule has 1 aromatic rings. The molecule has 0 radical (unpaired) electrons. The predicted octanol–water partition coefficient (Wildman–Crippen LogP) is 4.47. The van der Waals surface area contributed by atoms with Crippen LogP contribution in [-0.4, -0.2) is 72.0 Å². The maximum Gasteiger partial charge on any atom is 0.498 e. The molecule has 258 valence electrons. The van der Waals surface area contributed by atoms with Gasteiger partial charge in [-0.05, 0) is 22.1 Å². The van der Waals surface area contributed by atoms with Crippen LogP contribution in [-0.2, 0) is 57.6 Å². The molecule has 0 saturated carbocycles. The molecule has 0 heterocycles. The Labute approximate surface area is 242 Å². The zero-order valence-corrected chi connectivity index (χ0v) is 25.3. The quantitative estimate of drug-likeness (QED) is 0.334. The van der Waals surface area contributed by atoms with Crippen molar-refractivity contribution in [3.63, 3.8) is 0 Å². The first kappa shape index (κ1) is 40.0. The molecule has 0 N–H and O–H groups in total. The van der Waals surface area contributed by atoms with E-state index < -0.39 is 111 Å². The molecule has 0 amide bonds. The topological polar surface area (TPSA) is 146 Å². The van der Waals surface area contributed by atoms with Crippen LogP contribution in [0.1, 0.15) is 37.5 Å². The van der Waals surface area contributed by atoms with Gasteiger partial charge in [0.1, 0.15) is 5.75 Å². The summed E-state index contributed by atoms with van der Waals surface area (Å²) >= 11 is 0. The Morgan fingerprint density at radius 3 is 0.932 bits per heavy atom. The zero-order valence-electron chi connectivity index (χ0n) is 22.1. The molecule has 0 bridgehead atoms. The normalized spacial score (nSPS) is 15.2. The van der Waals surface area contributed by atoms with Crippen molar-refractivity contribution >= 4 is 39.3 Å². The largest absolute Gasteiger partial charge is 0.498 e. The first-order valence-electron chi connectivity index (χ1n) is 10.9. The number of ether oxygens (including phenoxy) is 1. The highest BCUT2D eigenvalue weighted by atomic mass is 32.3. The van der Waals surface area contributed by atoms with Gasteiger partial charge in [-0.15, -0.1) is 0 Å². The monoisotopic (exact) mass is 748 g/mol. The third-order valence-corrected chi connectivity index (χ3v) is 14.8. The summed E-state index contributed by atoms with van der Waals surface area (Å²) in [5.41, 5.74) is -31.2. The van der Waals surface area contributed by atoms with Gasteiger partial charge in [0.15, 0.2) is 9.16 Å². The summed E-state index contributed by atoms with van der Waals surface area (Å²) in [5, 5.41) is 0. The number of alkyl halides is 12. The molecule has 0 atom stereocenters. The molecule has 1 aromatic carbocycles. The zero-order chi connectivity index (χ0) is 35.5. The van der Waals surface area contributed by atoms with Gasteiger partial charge in [-0.25, -0.2) is 33.7 Å². The fourth-order valence-corrected chi connectivity index (χ4v) is 10.2. The third-order valence-electron chi connectivity index (χ3n) is 5.76. The Hall–Kier alpha value is -2.02. The van der Waals surface area contributed by atoms with Crippen molar-refractivity contribution in [3.05, 3.63) is 28.8 Å². The van der Waals surface area contributed by atoms with Crippen LogP contribution in [0.4, 0.5) is 52.7 Å². The molecule has 0 aromatic heterocycles. The van der Waals surface area contributed by atoms with Gasteiger partial charge in [-0.3, -0.25) is 0 Å². The summed E-state index contributed by atoms with van der Waals surface area (Å²) in [4.78, 5) is 0. The second kappa shape index (κ2) is 11.7. The number of sulfone groups is 4. The second-order valence-electron chi connectivity index (χ2n) is 9.81. The summed E-state index contributed by atoms with van der Waals surface area (Å²) in [5.74, 6) is -1.41. The van der Waals surface area contributed by atoms with Crippen molar-refractivity contribution in [1.82, 2.24) is 0 Å². The minimum absolute atomic E-state index is 0.427. The maximum atomic E-state index is 13.3. The lowest BCUT2D eigenvalue weighted by Gasteiger charge is -2.27. The number of methoxy groups -OCH3 is 1. The van der Waals surface area contributed by atoms with E-state index in [2.05, 4.69) is 4.74 Å². The molecule has 25 heteroatoms. The molecule has 0 spiro atoms. The van der Waals surface area contributed by atoms with Gasteiger partial charge in [-0.2, -0.15) is 52.7 Å². The van der Waals surface area contributed by atoms with Crippen molar-refractivity contribution in [1.29, 1.82) is 0 Å². The predicted molar refractivity (Wildman–Crippen MR) is 127 cm³/mol. The van der Waals surface area contributed by atoms with Crippen LogP contribution in [0.15, 0.2) is 12.1 Å². The Morgan fingerprint density at radius 2 is 0.773 bits per heavy atom. The highest BCUT2D eigenvalue weighted by Gasteiger charge is 2.64. The molecule has 0 unspecified atom stereocenters. The van der Waals surface area contributed by atoms with Crippen LogP contribution in [0.2, 0.25) is 0 Å². The molecule has 0 aliphatic heterocycles. The van der Waals surface area contributed by atoms with Gasteiger partial charge in [-0.1, -0.05) is 32.9 Å². The van der Waals surface area contributed by atoms with E-state index in [9.17, 15) is 86.4 Å².